The molecule has 0 amide bonds. The lowest BCUT2D eigenvalue weighted by Gasteiger charge is -2.23. The molecule has 3 heteroatoms. The van der Waals surface area contributed by atoms with Crippen molar-refractivity contribution in [2.75, 3.05) is 0 Å². The summed E-state index contributed by atoms with van der Waals surface area (Å²) in [7, 11) is 0. The first kappa shape index (κ1) is 14.4. The van der Waals surface area contributed by atoms with Crippen LogP contribution in [0.2, 0.25) is 0 Å². The first-order chi connectivity index (χ1) is 8.45. The van der Waals surface area contributed by atoms with E-state index in [1.165, 1.54) is 0 Å². The number of hydrogen-bond acceptors (Lipinski definition) is 3. The van der Waals surface area contributed by atoms with Crippen molar-refractivity contribution in [3.8, 4) is 0 Å². The summed E-state index contributed by atoms with van der Waals surface area (Å²) < 4.78 is 5.51. The Labute approximate surface area is 108 Å². The van der Waals surface area contributed by atoms with E-state index in [1.807, 2.05) is 51.1 Å². The first-order valence-corrected chi connectivity index (χ1v) is 6.15. The van der Waals surface area contributed by atoms with Crippen LogP contribution >= 0.6 is 0 Å². The summed E-state index contributed by atoms with van der Waals surface area (Å²) in [6.45, 7) is 5.45. The number of rotatable bonds is 5. The second-order valence-electron chi connectivity index (χ2n) is 5.30. The van der Waals surface area contributed by atoms with Gasteiger partial charge >= 0.3 is 5.97 Å². The van der Waals surface area contributed by atoms with Gasteiger partial charge in [0.2, 0.25) is 0 Å². The number of benzene rings is 1. The SMILES string of the molecule is CC(C)(C)C(=O)OC(CCC=O)c1ccccc1. The van der Waals surface area contributed by atoms with E-state index < -0.39 is 5.41 Å². The molecule has 0 radical (unpaired) electrons. The van der Waals surface area contributed by atoms with Crippen molar-refractivity contribution in [2.24, 2.45) is 5.41 Å². The van der Waals surface area contributed by atoms with Crippen molar-refractivity contribution < 1.29 is 14.3 Å². The van der Waals surface area contributed by atoms with E-state index in [0.29, 0.717) is 12.8 Å². The van der Waals surface area contributed by atoms with Crippen LogP contribution in [0.5, 0.6) is 0 Å². The molecule has 0 aliphatic rings. The summed E-state index contributed by atoms with van der Waals surface area (Å²) in [5.74, 6) is -0.248. The number of carbonyl (C=O) groups excluding carboxylic acids is 2. The molecule has 1 atom stereocenters. The van der Waals surface area contributed by atoms with Crippen LogP contribution in [-0.2, 0) is 14.3 Å². The zero-order valence-electron chi connectivity index (χ0n) is 11.2. The highest BCUT2D eigenvalue weighted by atomic mass is 16.5. The third kappa shape index (κ3) is 4.32. The number of aldehydes is 1. The van der Waals surface area contributed by atoms with E-state index in [2.05, 4.69) is 0 Å². The Hall–Kier alpha value is -1.64. The van der Waals surface area contributed by atoms with E-state index in [-0.39, 0.29) is 12.1 Å². The summed E-state index contributed by atoms with van der Waals surface area (Å²) in [5.41, 5.74) is 0.394. The zero-order valence-corrected chi connectivity index (χ0v) is 11.2. The molecule has 0 bridgehead atoms. The highest BCUT2D eigenvalue weighted by molar-refractivity contribution is 5.75. The topological polar surface area (TPSA) is 43.4 Å². The monoisotopic (exact) mass is 248 g/mol. The fraction of sp³-hybridized carbons (Fsp3) is 0.467. The van der Waals surface area contributed by atoms with Crippen LogP contribution in [0, 0.1) is 5.41 Å². The van der Waals surface area contributed by atoms with Gasteiger partial charge in [-0.05, 0) is 32.8 Å². The van der Waals surface area contributed by atoms with Gasteiger partial charge in [-0.1, -0.05) is 30.3 Å². The Morgan fingerprint density at radius 3 is 2.39 bits per heavy atom. The van der Waals surface area contributed by atoms with Gasteiger partial charge in [0, 0.05) is 6.42 Å². The lowest BCUT2D eigenvalue weighted by Crippen LogP contribution is -2.25. The Bertz CT molecular complexity index is 390. The largest absolute Gasteiger partial charge is 0.457 e. The Morgan fingerprint density at radius 1 is 1.28 bits per heavy atom. The highest BCUT2D eigenvalue weighted by Crippen LogP contribution is 2.26. The summed E-state index contributed by atoms with van der Waals surface area (Å²) in [6, 6.07) is 9.52. The summed E-state index contributed by atoms with van der Waals surface area (Å²) in [5, 5.41) is 0. The molecule has 0 N–H and O–H groups in total. The molecule has 1 aromatic rings. The minimum absolute atomic E-state index is 0.248. The minimum Gasteiger partial charge on any atom is -0.457 e. The molecule has 0 fully saturated rings. The van der Waals surface area contributed by atoms with E-state index in [4.69, 9.17) is 4.74 Å². The van der Waals surface area contributed by atoms with Gasteiger partial charge in [0.1, 0.15) is 12.4 Å². The van der Waals surface area contributed by atoms with E-state index in [9.17, 15) is 9.59 Å². The number of ether oxygens (including phenoxy) is 1. The molecule has 1 rings (SSSR count). The van der Waals surface area contributed by atoms with E-state index >= 15 is 0 Å². The minimum atomic E-state index is -0.534. The number of hydrogen-bond donors (Lipinski definition) is 0. The molecule has 0 aromatic heterocycles. The number of esters is 1. The first-order valence-electron chi connectivity index (χ1n) is 6.15. The van der Waals surface area contributed by atoms with E-state index in [1.54, 1.807) is 0 Å². The van der Waals surface area contributed by atoms with E-state index in [0.717, 1.165) is 11.8 Å². The van der Waals surface area contributed by atoms with Crippen LogP contribution in [-0.4, -0.2) is 12.3 Å². The molecule has 0 aliphatic carbocycles. The fourth-order valence-electron chi connectivity index (χ4n) is 1.49. The molecule has 1 unspecified atom stereocenters. The van der Waals surface area contributed by atoms with Crippen LogP contribution < -0.4 is 0 Å². The van der Waals surface area contributed by atoms with Gasteiger partial charge in [0.05, 0.1) is 5.41 Å². The predicted molar refractivity (Wildman–Crippen MR) is 70.0 cm³/mol. The van der Waals surface area contributed by atoms with Gasteiger partial charge in [-0.25, -0.2) is 0 Å². The van der Waals surface area contributed by atoms with Crippen molar-refractivity contribution in [3.63, 3.8) is 0 Å². The fourth-order valence-corrected chi connectivity index (χ4v) is 1.49. The average molecular weight is 248 g/mol. The normalized spacial score (nSPS) is 12.8. The smallest absolute Gasteiger partial charge is 0.311 e. The third-order valence-corrected chi connectivity index (χ3v) is 2.58. The molecule has 0 saturated heterocycles. The quantitative estimate of drug-likeness (QED) is 0.593. The standard InChI is InChI=1S/C15H20O3/c1-15(2,3)14(17)18-13(10-7-11-16)12-8-5-4-6-9-12/h4-6,8-9,11,13H,7,10H2,1-3H3. The number of carbonyl (C=O) groups is 2. The molecular formula is C15H20O3. The second kappa shape index (κ2) is 6.34. The molecule has 0 heterocycles. The molecule has 0 saturated carbocycles. The molecule has 0 spiro atoms. The molecule has 0 aliphatic heterocycles. The van der Waals surface area contributed by atoms with Crippen LogP contribution in [0.15, 0.2) is 30.3 Å². The molecule has 1 aromatic carbocycles. The van der Waals surface area contributed by atoms with Crippen molar-refractivity contribution >= 4 is 12.3 Å². The summed E-state index contributed by atoms with van der Waals surface area (Å²) in [4.78, 5) is 22.4. The lowest BCUT2D eigenvalue weighted by molar-refractivity contribution is -0.159. The van der Waals surface area contributed by atoms with Crippen LogP contribution in [0.3, 0.4) is 0 Å². The Morgan fingerprint density at radius 2 is 1.89 bits per heavy atom. The summed E-state index contributed by atoms with van der Waals surface area (Å²) in [6.07, 6.45) is 1.41. The average Bonchev–Trinajstić information content (AvgIpc) is 2.34. The van der Waals surface area contributed by atoms with Gasteiger partial charge in [-0.2, -0.15) is 0 Å². The maximum Gasteiger partial charge on any atom is 0.311 e. The van der Waals surface area contributed by atoms with Crippen molar-refractivity contribution in [3.05, 3.63) is 35.9 Å². The molecule has 3 nitrogen and oxygen atoms in total. The van der Waals surface area contributed by atoms with Gasteiger partial charge in [-0.15, -0.1) is 0 Å². The van der Waals surface area contributed by atoms with Gasteiger partial charge in [0.15, 0.2) is 0 Å². The molecule has 18 heavy (non-hydrogen) atoms. The Balaban J connectivity index is 2.80. The maximum absolute atomic E-state index is 11.9. The zero-order chi connectivity index (χ0) is 13.6. The second-order valence-corrected chi connectivity index (χ2v) is 5.30. The van der Waals surface area contributed by atoms with Gasteiger partial charge < -0.3 is 9.53 Å². The third-order valence-electron chi connectivity index (χ3n) is 2.58. The molecular weight excluding hydrogens is 228 g/mol. The maximum atomic E-state index is 11.9. The molecule has 98 valence electrons. The van der Waals surface area contributed by atoms with Gasteiger partial charge in [0.25, 0.3) is 0 Å². The van der Waals surface area contributed by atoms with Crippen LogP contribution in [0.4, 0.5) is 0 Å². The van der Waals surface area contributed by atoms with Crippen molar-refractivity contribution in [1.82, 2.24) is 0 Å². The van der Waals surface area contributed by atoms with Crippen LogP contribution in [0.1, 0.15) is 45.3 Å². The van der Waals surface area contributed by atoms with Crippen molar-refractivity contribution in [1.29, 1.82) is 0 Å². The van der Waals surface area contributed by atoms with Gasteiger partial charge in [-0.3, -0.25) is 4.79 Å². The van der Waals surface area contributed by atoms with Crippen molar-refractivity contribution in [2.45, 2.75) is 39.7 Å². The van der Waals surface area contributed by atoms with Crippen LogP contribution in [0.25, 0.3) is 0 Å². The Kier molecular flexibility index (Phi) is 5.08. The lowest BCUT2D eigenvalue weighted by atomic mass is 9.96. The predicted octanol–water partition coefficient (Wildman–Crippen LogP) is 3.30. The highest BCUT2D eigenvalue weighted by Gasteiger charge is 2.26. The summed E-state index contributed by atoms with van der Waals surface area (Å²) >= 11 is 0.